The van der Waals surface area contributed by atoms with Gasteiger partial charge in [-0.25, -0.2) is 0 Å². The third kappa shape index (κ3) is 2.78. The van der Waals surface area contributed by atoms with E-state index in [-0.39, 0.29) is 17.2 Å². The van der Waals surface area contributed by atoms with Crippen molar-refractivity contribution in [3.05, 3.63) is 34.3 Å². The second kappa shape index (κ2) is 5.69. The smallest absolute Gasteiger partial charge is 0.307 e. The standard InChI is InChI=1S/C17H20BrNO3/c1-19(15(20)13-6-7-14(13)16(21)22)10-17(8-9-17)11-2-4-12(18)5-3-11/h2-5,13-14H,6-10H2,1H3,(H,21,22). The molecule has 2 aliphatic rings. The van der Waals surface area contributed by atoms with Gasteiger partial charge in [-0.15, -0.1) is 0 Å². The molecule has 0 aliphatic heterocycles. The summed E-state index contributed by atoms with van der Waals surface area (Å²) < 4.78 is 1.05. The van der Waals surface area contributed by atoms with E-state index < -0.39 is 11.9 Å². The van der Waals surface area contributed by atoms with Gasteiger partial charge in [0.2, 0.25) is 5.91 Å². The van der Waals surface area contributed by atoms with Crippen molar-refractivity contribution in [3.8, 4) is 0 Å². The monoisotopic (exact) mass is 365 g/mol. The zero-order valence-electron chi connectivity index (χ0n) is 12.6. The van der Waals surface area contributed by atoms with E-state index in [1.807, 2.05) is 12.1 Å². The summed E-state index contributed by atoms with van der Waals surface area (Å²) in [5.74, 6) is -1.67. The Labute approximate surface area is 138 Å². The minimum absolute atomic E-state index is 0.0120. The second-order valence-electron chi connectivity index (χ2n) is 6.61. The lowest BCUT2D eigenvalue weighted by Crippen LogP contribution is -2.46. The van der Waals surface area contributed by atoms with Crippen molar-refractivity contribution < 1.29 is 14.7 Å². The highest BCUT2D eigenvalue weighted by Gasteiger charge is 2.48. The molecule has 2 fully saturated rings. The van der Waals surface area contributed by atoms with Crippen LogP contribution in [0.25, 0.3) is 0 Å². The average molecular weight is 366 g/mol. The number of halogens is 1. The fraction of sp³-hybridized carbons (Fsp3) is 0.529. The van der Waals surface area contributed by atoms with E-state index in [9.17, 15) is 9.59 Å². The fourth-order valence-electron chi connectivity index (χ4n) is 3.40. The molecule has 3 rings (SSSR count). The Morgan fingerprint density at radius 3 is 2.27 bits per heavy atom. The molecule has 0 saturated heterocycles. The van der Waals surface area contributed by atoms with Gasteiger partial charge in [-0.3, -0.25) is 9.59 Å². The summed E-state index contributed by atoms with van der Waals surface area (Å²) in [7, 11) is 1.80. The van der Waals surface area contributed by atoms with Crippen LogP contribution >= 0.6 is 15.9 Å². The third-order valence-electron chi connectivity index (χ3n) is 5.13. The van der Waals surface area contributed by atoms with E-state index in [1.165, 1.54) is 5.56 Å². The van der Waals surface area contributed by atoms with Crippen molar-refractivity contribution in [2.45, 2.75) is 31.1 Å². The maximum atomic E-state index is 12.5. The number of amides is 1. The zero-order valence-corrected chi connectivity index (χ0v) is 14.2. The van der Waals surface area contributed by atoms with E-state index in [0.29, 0.717) is 19.4 Å². The molecule has 0 aromatic heterocycles. The van der Waals surface area contributed by atoms with Gasteiger partial charge < -0.3 is 10.0 Å². The van der Waals surface area contributed by atoms with Crippen LogP contribution < -0.4 is 0 Å². The zero-order chi connectivity index (χ0) is 15.9. The van der Waals surface area contributed by atoms with Gasteiger partial charge in [0.25, 0.3) is 0 Å². The average Bonchev–Trinajstić information content (AvgIpc) is 3.18. The molecule has 2 aliphatic carbocycles. The SMILES string of the molecule is CN(CC1(c2ccc(Br)cc2)CC1)C(=O)C1CCC1C(=O)O. The van der Waals surface area contributed by atoms with Crippen LogP contribution in [0.2, 0.25) is 0 Å². The number of likely N-dealkylation sites (N-methyl/N-ethyl adjacent to an activating group) is 1. The molecular formula is C17H20BrNO3. The molecule has 22 heavy (non-hydrogen) atoms. The van der Waals surface area contributed by atoms with Crippen LogP contribution in [-0.2, 0) is 15.0 Å². The molecular weight excluding hydrogens is 346 g/mol. The quantitative estimate of drug-likeness (QED) is 0.872. The largest absolute Gasteiger partial charge is 0.481 e. The Hall–Kier alpha value is -1.36. The van der Waals surface area contributed by atoms with Crippen LogP contribution in [-0.4, -0.2) is 35.5 Å². The van der Waals surface area contributed by atoms with Crippen molar-refractivity contribution >= 4 is 27.8 Å². The summed E-state index contributed by atoms with van der Waals surface area (Å²) in [4.78, 5) is 25.3. The number of carbonyl (C=O) groups excluding carboxylic acids is 1. The first-order chi connectivity index (χ1) is 10.4. The summed E-state index contributed by atoms with van der Waals surface area (Å²) >= 11 is 3.44. The van der Waals surface area contributed by atoms with Gasteiger partial charge in [-0.05, 0) is 43.4 Å². The molecule has 118 valence electrons. The van der Waals surface area contributed by atoms with Gasteiger partial charge in [0.05, 0.1) is 11.8 Å². The number of benzene rings is 1. The van der Waals surface area contributed by atoms with Gasteiger partial charge >= 0.3 is 5.97 Å². The topological polar surface area (TPSA) is 57.6 Å². The summed E-state index contributed by atoms with van der Waals surface area (Å²) in [6.07, 6.45) is 3.49. The van der Waals surface area contributed by atoms with E-state index in [1.54, 1.807) is 11.9 Å². The summed E-state index contributed by atoms with van der Waals surface area (Å²) in [6.45, 7) is 0.677. The Kier molecular flexibility index (Phi) is 4.02. The lowest BCUT2D eigenvalue weighted by atomic mass is 9.73. The molecule has 0 radical (unpaired) electrons. The van der Waals surface area contributed by atoms with Crippen molar-refractivity contribution in [2.75, 3.05) is 13.6 Å². The van der Waals surface area contributed by atoms with Crippen molar-refractivity contribution in [2.24, 2.45) is 11.8 Å². The minimum atomic E-state index is -0.841. The molecule has 1 N–H and O–H groups in total. The minimum Gasteiger partial charge on any atom is -0.481 e. The molecule has 2 atom stereocenters. The first-order valence-corrected chi connectivity index (χ1v) is 8.46. The maximum absolute atomic E-state index is 12.5. The van der Waals surface area contributed by atoms with Crippen LogP contribution in [0.3, 0.4) is 0 Å². The molecule has 1 aromatic rings. The molecule has 2 saturated carbocycles. The number of rotatable bonds is 5. The third-order valence-corrected chi connectivity index (χ3v) is 5.66. The highest BCUT2D eigenvalue weighted by Crippen LogP contribution is 2.49. The number of carboxylic acid groups (broad SMARTS) is 1. The Morgan fingerprint density at radius 1 is 1.23 bits per heavy atom. The second-order valence-corrected chi connectivity index (χ2v) is 7.53. The van der Waals surface area contributed by atoms with Crippen LogP contribution in [0.4, 0.5) is 0 Å². The molecule has 0 heterocycles. The van der Waals surface area contributed by atoms with Crippen molar-refractivity contribution in [1.82, 2.24) is 4.90 Å². The van der Waals surface area contributed by atoms with Gasteiger partial charge in [0.1, 0.15) is 0 Å². The van der Waals surface area contributed by atoms with Gasteiger partial charge in [0.15, 0.2) is 0 Å². The number of carbonyl (C=O) groups is 2. The predicted molar refractivity (Wildman–Crippen MR) is 86.5 cm³/mol. The lowest BCUT2D eigenvalue weighted by molar-refractivity contribution is -0.156. The van der Waals surface area contributed by atoms with Gasteiger partial charge in [0, 0.05) is 23.5 Å². The van der Waals surface area contributed by atoms with E-state index >= 15 is 0 Å². The number of hydrogen-bond donors (Lipinski definition) is 1. The molecule has 1 amide bonds. The Balaban J connectivity index is 1.66. The first-order valence-electron chi connectivity index (χ1n) is 7.67. The maximum Gasteiger partial charge on any atom is 0.307 e. The van der Waals surface area contributed by atoms with E-state index in [4.69, 9.17) is 5.11 Å². The number of hydrogen-bond acceptors (Lipinski definition) is 2. The predicted octanol–water partition coefficient (Wildman–Crippen LogP) is 3.05. The van der Waals surface area contributed by atoms with Gasteiger partial charge in [-0.1, -0.05) is 28.1 Å². The molecule has 1 aromatic carbocycles. The van der Waals surface area contributed by atoms with Crippen molar-refractivity contribution in [3.63, 3.8) is 0 Å². The molecule has 0 bridgehead atoms. The molecule has 2 unspecified atom stereocenters. The number of nitrogens with zero attached hydrogens (tertiary/aromatic N) is 1. The number of aliphatic carboxylic acids is 1. The van der Waals surface area contributed by atoms with Crippen LogP contribution in [0.1, 0.15) is 31.2 Å². The molecule has 4 nitrogen and oxygen atoms in total. The summed E-state index contributed by atoms with van der Waals surface area (Å²) in [5, 5.41) is 9.11. The molecule has 0 spiro atoms. The normalized spacial score (nSPS) is 25.2. The summed E-state index contributed by atoms with van der Waals surface area (Å²) in [5.41, 5.74) is 1.33. The molecule has 5 heteroatoms. The van der Waals surface area contributed by atoms with Crippen LogP contribution in [0.5, 0.6) is 0 Å². The van der Waals surface area contributed by atoms with Crippen LogP contribution in [0.15, 0.2) is 28.7 Å². The lowest BCUT2D eigenvalue weighted by Gasteiger charge is -2.36. The fourth-order valence-corrected chi connectivity index (χ4v) is 3.66. The first kappa shape index (κ1) is 15.5. The van der Waals surface area contributed by atoms with Gasteiger partial charge in [-0.2, -0.15) is 0 Å². The van der Waals surface area contributed by atoms with Crippen molar-refractivity contribution in [1.29, 1.82) is 0 Å². The number of carboxylic acids is 1. The van der Waals surface area contributed by atoms with Crippen LogP contribution in [0, 0.1) is 11.8 Å². The highest BCUT2D eigenvalue weighted by molar-refractivity contribution is 9.10. The Morgan fingerprint density at radius 2 is 1.82 bits per heavy atom. The van der Waals surface area contributed by atoms with E-state index in [2.05, 4.69) is 28.1 Å². The highest BCUT2D eigenvalue weighted by atomic mass is 79.9. The van der Waals surface area contributed by atoms with E-state index in [0.717, 1.165) is 17.3 Å². The summed E-state index contributed by atoms with van der Waals surface area (Å²) in [6, 6.07) is 8.28. The Bertz CT molecular complexity index is 594.